The lowest BCUT2D eigenvalue weighted by molar-refractivity contribution is 0.247. The van der Waals surface area contributed by atoms with Crippen LogP contribution < -0.4 is 10.6 Å². The summed E-state index contributed by atoms with van der Waals surface area (Å²) in [6.07, 6.45) is 2.69. The number of thiazole rings is 1. The van der Waals surface area contributed by atoms with Gasteiger partial charge in [0.1, 0.15) is 5.01 Å². The molecule has 0 aromatic carbocycles. The second-order valence-electron chi connectivity index (χ2n) is 5.80. The third-order valence-electron chi connectivity index (χ3n) is 4.09. The molecule has 1 aliphatic rings. The van der Waals surface area contributed by atoms with Gasteiger partial charge in [0.15, 0.2) is 5.96 Å². The van der Waals surface area contributed by atoms with E-state index in [0.717, 1.165) is 35.8 Å². The van der Waals surface area contributed by atoms with Crippen molar-refractivity contribution >= 4 is 17.3 Å². The summed E-state index contributed by atoms with van der Waals surface area (Å²) in [7, 11) is 4.02. The van der Waals surface area contributed by atoms with E-state index in [1.165, 1.54) is 17.7 Å². The maximum atomic E-state index is 4.54. The highest BCUT2D eigenvalue weighted by Gasteiger charge is 2.28. The number of aryl methyl sites for hydroxylation is 2. The highest BCUT2D eigenvalue weighted by Crippen LogP contribution is 2.26. The molecule has 1 aliphatic carbocycles. The van der Waals surface area contributed by atoms with Gasteiger partial charge in [-0.15, -0.1) is 11.3 Å². The fourth-order valence-electron chi connectivity index (χ4n) is 2.22. The van der Waals surface area contributed by atoms with Crippen molar-refractivity contribution in [2.45, 2.75) is 52.2 Å². The van der Waals surface area contributed by atoms with Gasteiger partial charge in [-0.2, -0.15) is 0 Å². The quantitative estimate of drug-likeness (QED) is 0.622. The van der Waals surface area contributed by atoms with Crippen LogP contribution in [0.4, 0.5) is 0 Å². The second-order valence-corrected chi connectivity index (χ2v) is 7.09. The average Bonchev–Trinajstić information content (AvgIpc) is 3.25. The summed E-state index contributed by atoms with van der Waals surface area (Å²) in [6.45, 7) is 8.05. The summed E-state index contributed by atoms with van der Waals surface area (Å²) in [6, 6.07) is 1.30. The van der Waals surface area contributed by atoms with Crippen LogP contribution in [0.25, 0.3) is 0 Å². The molecule has 0 amide bonds. The topological polar surface area (TPSA) is 52.6 Å². The molecule has 0 bridgehead atoms. The maximum absolute atomic E-state index is 4.54. The van der Waals surface area contributed by atoms with E-state index in [0.29, 0.717) is 6.04 Å². The molecule has 1 heterocycles. The zero-order valence-corrected chi connectivity index (χ0v) is 14.5. The Labute approximate surface area is 131 Å². The molecule has 1 fully saturated rings. The highest BCUT2D eigenvalue weighted by molar-refractivity contribution is 7.11. The van der Waals surface area contributed by atoms with Crippen LogP contribution in [0.2, 0.25) is 0 Å². The number of rotatable bonds is 6. The minimum atomic E-state index is 0.514. The van der Waals surface area contributed by atoms with E-state index < -0.39 is 0 Å². The van der Waals surface area contributed by atoms with Gasteiger partial charge < -0.3 is 10.6 Å². The van der Waals surface area contributed by atoms with E-state index in [9.17, 15) is 0 Å². The summed E-state index contributed by atoms with van der Waals surface area (Å²) in [4.78, 5) is 12.6. The molecule has 1 saturated carbocycles. The number of nitrogens with zero attached hydrogens (tertiary/aromatic N) is 3. The SMILES string of the molecule is CN=C(NCc1nc(C)c(C)s1)NCC(C)N(C)C1CC1. The van der Waals surface area contributed by atoms with Crippen LogP contribution in [-0.4, -0.2) is 48.6 Å². The molecule has 0 radical (unpaired) electrons. The first-order chi connectivity index (χ1) is 10.0. The Morgan fingerprint density at radius 2 is 2.14 bits per heavy atom. The van der Waals surface area contributed by atoms with Crippen molar-refractivity contribution in [2.75, 3.05) is 20.6 Å². The molecular formula is C15H27N5S. The molecule has 0 aliphatic heterocycles. The van der Waals surface area contributed by atoms with Gasteiger partial charge in [0.25, 0.3) is 0 Å². The standard InChI is InChI=1S/C15H27N5S/c1-10(20(5)13-6-7-13)8-17-15(16-4)18-9-14-19-11(2)12(3)21-14/h10,13H,6-9H2,1-5H3,(H2,16,17,18). The molecule has 21 heavy (non-hydrogen) atoms. The molecule has 1 unspecified atom stereocenters. The lowest BCUT2D eigenvalue weighted by Gasteiger charge is -2.25. The van der Waals surface area contributed by atoms with E-state index >= 15 is 0 Å². The van der Waals surface area contributed by atoms with Crippen LogP contribution >= 0.6 is 11.3 Å². The van der Waals surface area contributed by atoms with Crippen LogP contribution in [-0.2, 0) is 6.54 Å². The molecular weight excluding hydrogens is 282 g/mol. The Bertz CT molecular complexity index is 473. The Morgan fingerprint density at radius 3 is 2.67 bits per heavy atom. The van der Waals surface area contributed by atoms with Gasteiger partial charge in [0.05, 0.1) is 12.2 Å². The third-order valence-corrected chi connectivity index (χ3v) is 5.16. The molecule has 2 N–H and O–H groups in total. The molecule has 0 saturated heterocycles. The number of hydrogen-bond acceptors (Lipinski definition) is 4. The van der Waals surface area contributed by atoms with Crippen molar-refractivity contribution < 1.29 is 0 Å². The van der Waals surface area contributed by atoms with Crippen molar-refractivity contribution in [1.82, 2.24) is 20.5 Å². The van der Waals surface area contributed by atoms with Gasteiger partial charge in [-0.25, -0.2) is 4.98 Å². The predicted octanol–water partition coefficient (Wildman–Crippen LogP) is 1.91. The minimum absolute atomic E-state index is 0.514. The van der Waals surface area contributed by atoms with Crippen LogP contribution in [0.15, 0.2) is 4.99 Å². The average molecular weight is 309 g/mol. The number of aromatic nitrogens is 1. The van der Waals surface area contributed by atoms with E-state index in [-0.39, 0.29) is 0 Å². The summed E-state index contributed by atoms with van der Waals surface area (Å²) >= 11 is 1.74. The van der Waals surface area contributed by atoms with E-state index in [2.05, 4.69) is 53.3 Å². The Balaban J connectivity index is 1.75. The van der Waals surface area contributed by atoms with Crippen LogP contribution in [0.5, 0.6) is 0 Å². The summed E-state index contributed by atoms with van der Waals surface area (Å²) < 4.78 is 0. The monoisotopic (exact) mass is 309 g/mol. The summed E-state index contributed by atoms with van der Waals surface area (Å²) in [5, 5.41) is 7.84. The van der Waals surface area contributed by atoms with Crippen molar-refractivity contribution in [3.8, 4) is 0 Å². The molecule has 0 spiro atoms. The zero-order chi connectivity index (χ0) is 15.4. The van der Waals surface area contributed by atoms with Crippen molar-refractivity contribution in [1.29, 1.82) is 0 Å². The lowest BCUT2D eigenvalue weighted by atomic mass is 10.3. The normalized spacial score (nSPS) is 17.1. The molecule has 118 valence electrons. The second kappa shape index (κ2) is 7.22. The lowest BCUT2D eigenvalue weighted by Crippen LogP contribution is -2.45. The van der Waals surface area contributed by atoms with E-state index in [4.69, 9.17) is 0 Å². The molecule has 1 aromatic heterocycles. The number of aliphatic imine (C=N–C) groups is 1. The highest BCUT2D eigenvalue weighted by atomic mass is 32.1. The summed E-state index contributed by atoms with van der Waals surface area (Å²) in [5.74, 6) is 0.844. The first-order valence-electron chi connectivity index (χ1n) is 7.60. The third kappa shape index (κ3) is 4.68. The van der Waals surface area contributed by atoms with Gasteiger partial charge in [0, 0.05) is 30.6 Å². The molecule has 1 aromatic rings. The first kappa shape index (κ1) is 16.2. The fraction of sp³-hybridized carbons (Fsp3) is 0.733. The van der Waals surface area contributed by atoms with Crippen molar-refractivity contribution in [2.24, 2.45) is 4.99 Å². The van der Waals surface area contributed by atoms with Crippen LogP contribution in [0, 0.1) is 13.8 Å². The predicted molar refractivity (Wildman–Crippen MR) is 90.0 cm³/mol. The van der Waals surface area contributed by atoms with Crippen LogP contribution in [0.1, 0.15) is 35.3 Å². The Hall–Kier alpha value is -1.14. The van der Waals surface area contributed by atoms with Gasteiger partial charge in [0.2, 0.25) is 0 Å². The first-order valence-corrected chi connectivity index (χ1v) is 8.42. The van der Waals surface area contributed by atoms with Crippen LogP contribution in [0.3, 0.4) is 0 Å². The van der Waals surface area contributed by atoms with Gasteiger partial charge >= 0.3 is 0 Å². The largest absolute Gasteiger partial charge is 0.355 e. The maximum Gasteiger partial charge on any atom is 0.191 e. The van der Waals surface area contributed by atoms with E-state index in [1.807, 2.05) is 7.05 Å². The van der Waals surface area contributed by atoms with Gasteiger partial charge in [-0.05, 0) is 40.7 Å². The van der Waals surface area contributed by atoms with Crippen molar-refractivity contribution in [3.63, 3.8) is 0 Å². The van der Waals surface area contributed by atoms with Crippen molar-refractivity contribution in [3.05, 3.63) is 15.6 Å². The summed E-state index contributed by atoms with van der Waals surface area (Å²) in [5.41, 5.74) is 1.12. The minimum Gasteiger partial charge on any atom is -0.355 e. The number of guanidine groups is 1. The Kier molecular flexibility index (Phi) is 5.58. The molecule has 6 heteroatoms. The smallest absolute Gasteiger partial charge is 0.191 e. The zero-order valence-electron chi connectivity index (χ0n) is 13.7. The Morgan fingerprint density at radius 1 is 1.43 bits per heavy atom. The van der Waals surface area contributed by atoms with Gasteiger partial charge in [-0.3, -0.25) is 9.89 Å². The fourth-order valence-corrected chi connectivity index (χ4v) is 3.10. The van der Waals surface area contributed by atoms with E-state index in [1.54, 1.807) is 11.3 Å². The number of likely N-dealkylation sites (N-methyl/N-ethyl adjacent to an activating group) is 1. The van der Waals surface area contributed by atoms with Gasteiger partial charge in [-0.1, -0.05) is 0 Å². The number of hydrogen-bond donors (Lipinski definition) is 2. The molecule has 5 nitrogen and oxygen atoms in total. The molecule has 2 rings (SSSR count). The number of nitrogens with one attached hydrogen (secondary N) is 2. The molecule has 1 atom stereocenters.